The maximum absolute atomic E-state index is 13.2. The number of carbonyl (C=O) groups is 3. The minimum Gasteiger partial charge on any atom is -0.379 e. The van der Waals surface area contributed by atoms with Crippen LogP contribution in [-0.4, -0.2) is 99.5 Å². The van der Waals surface area contributed by atoms with Gasteiger partial charge in [0.2, 0.25) is 5.91 Å². The summed E-state index contributed by atoms with van der Waals surface area (Å²) >= 11 is 0. The van der Waals surface area contributed by atoms with Crippen molar-refractivity contribution in [3.63, 3.8) is 0 Å². The summed E-state index contributed by atoms with van der Waals surface area (Å²) in [5.41, 5.74) is -0.227. The Kier molecular flexibility index (Phi) is 9.87. The maximum atomic E-state index is 13.2. The molecule has 0 aromatic rings. The van der Waals surface area contributed by atoms with Crippen LogP contribution in [0.4, 0.5) is 4.79 Å². The lowest BCUT2D eigenvalue weighted by molar-refractivity contribution is -0.148. The fourth-order valence-electron chi connectivity index (χ4n) is 3.54. The summed E-state index contributed by atoms with van der Waals surface area (Å²) < 4.78 is 10.9. The first kappa shape index (κ1) is 26.5. The second-order valence-electron chi connectivity index (χ2n) is 9.86. The number of amides is 2. The number of hydroxylamine groups is 2. The number of carbonyl (C=O) groups excluding carboxylic acids is 3. The smallest absolute Gasteiger partial charge is 0.379 e. The molecule has 2 aliphatic heterocycles. The summed E-state index contributed by atoms with van der Waals surface area (Å²) in [7, 11) is 3.89. The first-order valence-corrected chi connectivity index (χ1v) is 11.4. The zero-order chi connectivity index (χ0) is 23.9. The minimum atomic E-state index is -0.844. The van der Waals surface area contributed by atoms with E-state index in [0.717, 1.165) is 6.54 Å². The number of Topliss-reactive ketones (excluding diaryl/α,β-unsaturated/α-hetero) is 1. The van der Waals surface area contributed by atoms with Gasteiger partial charge in [0.15, 0.2) is 5.78 Å². The van der Waals surface area contributed by atoms with Crippen LogP contribution in [0.15, 0.2) is 0 Å². The third-order valence-corrected chi connectivity index (χ3v) is 6.40. The Balaban J connectivity index is 2.06. The van der Waals surface area contributed by atoms with Gasteiger partial charge in [0.25, 0.3) is 0 Å². The highest BCUT2D eigenvalue weighted by molar-refractivity contribution is 5.94. The molecule has 0 aliphatic carbocycles. The molecule has 2 amide bonds. The van der Waals surface area contributed by atoms with Crippen LogP contribution in [0.2, 0.25) is 0 Å². The zero-order valence-corrected chi connectivity index (χ0v) is 20.3. The van der Waals surface area contributed by atoms with Gasteiger partial charge in [-0.3, -0.25) is 9.59 Å². The van der Waals surface area contributed by atoms with E-state index in [2.05, 4.69) is 38.3 Å². The Hall–Kier alpha value is -1.75. The first-order chi connectivity index (χ1) is 15.0. The van der Waals surface area contributed by atoms with Gasteiger partial charge in [-0.1, -0.05) is 27.7 Å². The van der Waals surface area contributed by atoms with E-state index in [0.29, 0.717) is 39.1 Å². The van der Waals surface area contributed by atoms with Gasteiger partial charge in [-0.25, -0.2) is 4.79 Å². The molecule has 184 valence electrons. The van der Waals surface area contributed by atoms with Crippen molar-refractivity contribution in [1.82, 2.24) is 20.6 Å². The molecule has 10 heteroatoms. The number of ketones is 1. The van der Waals surface area contributed by atoms with E-state index in [1.165, 1.54) is 5.06 Å². The van der Waals surface area contributed by atoms with Crippen molar-refractivity contribution >= 4 is 17.8 Å². The Morgan fingerprint density at radius 3 is 2.50 bits per heavy atom. The molecule has 2 N–H and O–H groups in total. The molecule has 3 atom stereocenters. The number of rotatable bonds is 10. The monoisotopic (exact) mass is 456 g/mol. The number of nitrogens with one attached hydrogen (secondary N) is 2. The molecule has 0 saturated carbocycles. The van der Waals surface area contributed by atoms with Crippen molar-refractivity contribution in [1.29, 1.82) is 0 Å². The van der Waals surface area contributed by atoms with Crippen LogP contribution < -0.4 is 10.6 Å². The molecule has 2 unspecified atom stereocenters. The van der Waals surface area contributed by atoms with Crippen LogP contribution in [0.1, 0.15) is 40.5 Å². The van der Waals surface area contributed by atoms with Gasteiger partial charge in [0.05, 0.1) is 32.4 Å². The van der Waals surface area contributed by atoms with Crippen LogP contribution in [-0.2, 0) is 23.9 Å². The number of nitrogens with zero attached hydrogens (tertiary/aromatic N) is 2. The van der Waals surface area contributed by atoms with Gasteiger partial charge in [0.1, 0.15) is 18.7 Å². The molecule has 0 aromatic heterocycles. The molecule has 0 aromatic carbocycles. The van der Waals surface area contributed by atoms with Gasteiger partial charge in [-0.05, 0) is 38.3 Å². The van der Waals surface area contributed by atoms with E-state index in [1.807, 2.05) is 19.0 Å². The van der Waals surface area contributed by atoms with E-state index in [1.54, 1.807) is 0 Å². The lowest BCUT2D eigenvalue weighted by atomic mass is 9.76. The number of ether oxygens (including phenoxy) is 2. The van der Waals surface area contributed by atoms with Crippen LogP contribution in [0.3, 0.4) is 0 Å². The molecular weight excluding hydrogens is 416 g/mol. The molecular formula is C22H40N4O6. The van der Waals surface area contributed by atoms with Crippen molar-refractivity contribution in [2.75, 3.05) is 53.6 Å². The SMILES string of the molecule is CC(C)C(C)(C)C[C@H](NC(=O)ON1CCOCC1)C(=O)NC1C(=O)COC1CCN(C)C. The number of morpholine rings is 1. The predicted molar refractivity (Wildman–Crippen MR) is 119 cm³/mol. The molecule has 2 aliphatic rings. The molecule has 0 bridgehead atoms. The third-order valence-electron chi connectivity index (χ3n) is 6.40. The molecule has 2 saturated heterocycles. The summed E-state index contributed by atoms with van der Waals surface area (Å²) in [5, 5.41) is 7.07. The number of hydrogen-bond acceptors (Lipinski definition) is 8. The van der Waals surface area contributed by atoms with Crippen molar-refractivity contribution in [3.8, 4) is 0 Å². The molecule has 10 nitrogen and oxygen atoms in total. The summed E-state index contributed by atoms with van der Waals surface area (Å²) in [4.78, 5) is 45.5. The van der Waals surface area contributed by atoms with Crippen molar-refractivity contribution in [3.05, 3.63) is 0 Å². The van der Waals surface area contributed by atoms with E-state index >= 15 is 0 Å². The normalized spacial score (nSPS) is 23.4. The summed E-state index contributed by atoms with van der Waals surface area (Å²) in [6.45, 7) is 10.9. The van der Waals surface area contributed by atoms with Gasteiger partial charge < -0.3 is 29.8 Å². The van der Waals surface area contributed by atoms with E-state index < -0.39 is 24.1 Å². The third kappa shape index (κ3) is 7.99. The highest BCUT2D eigenvalue weighted by atomic mass is 16.7. The fourth-order valence-corrected chi connectivity index (χ4v) is 3.54. The maximum Gasteiger partial charge on any atom is 0.426 e. The van der Waals surface area contributed by atoms with Crippen molar-refractivity contribution in [2.24, 2.45) is 11.3 Å². The Morgan fingerprint density at radius 1 is 1.25 bits per heavy atom. The highest BCUT2D eigenvalue weighted by Gasteiger charge is 2.39. The Morgan fingerprint density at radius 2 is 1.91 bits per heavy atom. The van der Waals surface area contributed by atoms with Crippen LogP contribution in [0, 0.1) is 11.3 Å². The number of hydrogen-bond donors (Lipinski definition) is 2. The van der Waals surface area contributed by atoms with Gasteiger partial charge in [-0.2, -0.15) is 0 Å². The zero-order valence-electron chi connectivity index (χ0n) is 20.3. The lowest BCUT2D eigenvalue weighted by Crippen LogP contribution is -2.55. The Bertz CT molecular complexity index is 648. The average molecular weight is 457 g/mol. The highest BCUT2D eigenvalue weighted by Crippen LogP contribution is 2.31. The lowest BCUT2D eigenvalue weighted by Gasteiger charge is -2.34. The molecule has 2 rings (SSSR count). The summed E-state index contributed by atoms with van der Waals surface area (Å²) in [5.74, 6) is -0.282. The molecule has 0 radical (unpaired) electrons. The first-order valence-electron chi connectivity index (χ1n) is 11.4. The fraction of sp³-hybridized carbons (Fsp3) is 0.864. The standard InChI is InChI=1S/C22H40N4O6/c1-15(2)22(3,4)13-16(23-21(29)32-26-9-11-30-12-10-26)20(28)24-19-17(27)14-31-18(19)7-8-25(5)6/h15-16,18-19H,7-14H2,1-6H3,(H,23,29)(H,24,28)/t16-,18?,19?/m0/s1. The van der Waals surface area contributed by atoms with Gasteiger partial charge in [-0.15, -0.1) is 5.06 Å². The molecule has 0 spiro atoms. The van der Waals surface area contributed by atoms with E-state index in [4.69, 9.17) is 14.3 Å². The van der Waals surface area contributed by atoms with Gasteiger partial charge >= 0.3 is 6.09 Å². The topological polar surface area (TPSA) is 109 Å². The van der Waals surface area contributed by atoms with Crippen LogP contribution in [0.5, 0.6) is 0 Å². The average Bonchev–Trinajstić information content (AvgIpc) is 3.05. The van der Waals surface area contributed by atoms with Crippen molar-refractivity contribution in [2.45, 2.75) is 58.7 Å². The van der Waals surface area contributed by atoms with Crippen LogP contribution >= 0.6 is 0 Å². The van der Waals surface area contributed by atoms with Crippen molar-refractivity contribution < 1.29 is 28.7 Å². The second kappa shape index (κ2) is 11.9. The molecule has 32 heavy (non-hydrogen) atoms. The van der Waals surface area contributed by atoms with Crippen LogP contribution in [0.25, 0.3) is 0 Å². The van der Waals surface area contributed by atoms with Gasteiger partial charge in [0, 0.05) is 6.54 Å². The Labute approximate surface area is 191 Å². The quantitative estimate of drug-likeness (QED) is 0.497. The molecule has 2 fully saturated rings. The van der Waals surface area contributed by atoms with E-state index in [9.17, 15) is 14.4 Å². The predicted octanol–water partition coefficient (Wildman–Crippen LogP) is 0.805. The molecule has 2 heterocycles. The van der Waals surface area contributed by atoms with E-state index in [-0.39, 0.29) is 29.8 Å². The second-order valence-corrected chi connectivity index (χ2v) is 9.86. The largest absolute Gasteiger partial charge is 0.426 e. The minimum absolute atomic E-state index is 0.0162. The summed E-state index contributed by atoms with van der Waals surface area (Å²) in [6.07, 6.45) is -0.0466. The summed E-state index contributed by atoms with van der Waals surface area (Å²) in [6, 6.07) is -1.56.